The number of fused-ring (bicyclic) bond motifs is 3. The van der Waals surface area contributed by atoms with E-state index in [1.807, 2.05) is 6.07 Å². The van der Waals surface area contributed by atoms with E-state index in [1.165, 1.54) is 0 Å². The Labute approximate surface area is 106 Å². The Balaban J connectivity index is 2.70. The van der Waals surface area contributed by atoms with Gasteiger partial charge in [-0.2, -0.15) is 10.5 Å². The number of rotatable bonds is 0. The monoisotopic (exact) mass is 250 g/mol. The molecule has 90 valence electrons. The highest BCUT2D eigenvalue weighted by molar-refractivity contribution is 6.04. The van der Waals surface area contributed by atoms with Gasteiger partial charge in [-0.3, -0.25) is 0 Å². The lowest BCUT2D eigenvalue weighted by Crippen LogP contribution is -2.00. The average Bonchev–Trinajstić information content (AvgIpc) is 2.79. The van der Waals surface area contributed by atoms with Crippen molar-refractivity contribution in [2.75, 3.05) is 0 Å². The molecule has 0 saturated heterocycles. The smallest absolute Gasteiger partial charge is 0.348 e. The number of nitriles is 2. The molecule has 0 fully saturated rings. The molecule has 5 heteroatoms. The lowest BCUT2D eigenvalue weighted by Gasteiger charge is -1.99. The summed E-state index contributed by atoms with van der Waals surface area (Å²) in [6.45, 7) is 1.80. The molecule has 0 aliphatic carbocycles. The number of benzene rings is 1. The largest absolute Gasteiger partial charge is 0.443 e. The maximum Gasteiger partial charge on any atom is 0.348 e. The number of hydrogen-bond donors (Lipinski definition) is 0. The van der Waals surface area contributed by atoms with Gasteiger partial charge in [-0.1, -0.05) is 12.1 Å². The molecule has 5 nitrogen and oxygen atoms in total. The van der Waals surface area contributed by atoms with Gasteiger partial charge in [0.25, 0.3) is 0 Å². The summed E-state index contributed by atoms with van der Waals surface area (Å²) >= 11 is 0. The summed E-state index contributed by atoms with van der Waals surface area (Å²) in [4.78, 5) is 12.0. The van der Waals surface area contributed by atoms with E-state index in [0.29, 0.717) is 11.0 Å². The van der Waals surface area contributed by atoms with E-state index < -0.39 is 5.63 Å². The molecule has 0 radical (unpaired) electrons. The van der Waals surface area contributed by atoms with Gasteiger partial charge in [0.2, 0.25) is 5.76 Å². The van der Waals surface area contributed by atoms with E-state index in [9.17, 15) is 4.79 Å². The molecule has 0 aliphatic heterocycles. The van der Waals surface area contributed by atoms with Crippen LogP contribution in [0.15, 0.2) is 31.8 Å². The van der Waals surface area contributed by atoms with Gasteiger partial charge in [0.05, 0.1) is 5.39 Å². The zero-order valence-electron chi connectivity index (χ0n) is 9.85. The number of furan rings is 1. The van der Waals surface area contributed by atoms with E-state index >= 15 is 0 Å². The van der Waals surface area contributed by atoms with E-state index in [-0.39, 0.29) is 22.3 Å². The van der Waals surface area contributed by atoms with E-state index in [0.717, 1.165) is 5.56 Å². The minimum atomic E-state index is -0.668. The molecule has 19 heavy (non-hydrogen) atoms. The first-order chi connectivity index (χ1) is 9.17. The summed E-state index contributed by atoms with van der Waals surface area (Å²) < 4.78 is 10.6. The van der Waals surface area contributed by atoms with Gasteiger partial charge in [-0.25, -0.2) is 4.79 Å². The fourth-order valence-electron chi connectivity index (χ4n) is 2.11. The molecular weight excluding hydrogens is 244 g/mol. The third-order valence-electron chi connectivity index (χ3n) is 2.98. The van der Waals surface area contributed by atoms with Crippen LogP contribution in [0.1, 0.15) is 16.9 Å². The van der Waals surface area contributed by atoms with Gasteiger partial charge in [-0.05, 0) is 18.6 Å². The van der Waals surface area contributed by atoms with Gasteiger partial charge in [0, 0.05) is 0 Å². The SMILES string of the molecule is Cc1cccc2c1oc(=O)c1c(C#N)c(C#N)oc12. The van der Waals surface area contributed by atoms with Gasteiger partial charge in [0.1, 0.15) is 28.7 Å². The maximum absolute atomic E-state index is 12.0. The van der Waals surface area contributed by atoms with Crippen LogP contribution in [0.2, 0.25) is 0 Å². The van der Waals surface area contributed by atoms with Gasteiger partial charge >= 0.3 is 5.63 Å². The first kappa shape index (κ1) is 11.1. The first-order valence-corrected chi connectivity index (χ1v) is 5.46. The van der Waals surface area contributed by atoms with Crippen molar-refractivity contribution in [3.63, 3.8) is 0 Å². The first-order valence-electron chi connectivity index (χ1n) is 5.46. The summed E-state index contributed by atoms with van der Waals surface area (Å²) in [6.07, 6.45) is 0. The molecule has 0 saturated carbocycles. The fraction of sp³-hybridized carbons (Fsp3) is 0.0714. The highest BCUT2D eigenvalue weighted by atomic mass is 16.4. The molecule has 3 rings (SSSR count). The third kappa shape index (κ3) is 1.36. The van der Waals surface area contributed by atoms with Gasteiger partial charge < -0.3 is 8.83 Å². The predicted molar refractivity (Wildman–Crippen MR) is 66.4 cm³/mol. The predicted octanol–water partition coefficient (Wildman–Crippen LogP) is 2.59. The van der Waals surface area contributed by atoms with E-state index in [2.05, 4.69) is 0 Å². The highest BCUT2D eigenvalue weighted by Crippen LogP contribution is 2.30. The van der Waals surface area contributed by atoms with Crippen molar-refractivity contribution in [3.8, 4) is 12.1 Å². The molecule has 0 N–H and O–H groups in total. The Kier molecular flexibility index (Phi) is 2.17. The van der Waals surface area contributed by atoms with Crippen LogP contribution in [-0.2, 0) is 0 Å². The standard InChI is InChI=1S/C14H6N2O3/c1-7-3-2-4-8-12(7)19-14(17)11-9(5-15)10(6-16)18-13(8)11/h2-4H,1H3. The number of hydrogen-bond acceptors (Lipinski definition) is 5. The molecule has 3 aromatic rings. The van der Waals surface area contributed by atoms with Crippen molar-refractivity contribution in [2.24, 2.45) is 0 Å². The number of aryl methyl sites for hydroxylation is 1. The third-order valence-corrected chi connectivity index (χ3v) is 2.98. The summed E-state index contributed by atoms with van der Waals surface area (Å²) in [5.41, 5.74) is 0.670. The van der Waals surface area contributed by atoms with Crippen molar-refractivity contribution >= 4 is 21.9 Å². The molecular formula is C14H6N2O3. The Hall–Kier alpha value is -3.05. The van der Waals surface area contributed by atoms with Crippen LogP contribution in [0.5, 0.6) is 0 Å². The fourth-order valence-corrected chi connectivity index (χ4v) is 2.11. The summed E-state index contributed by atoms with van der Waals surface area (Å²) in [5.74, 6) is -0.168. The zero-order valence-corrected chi connectivity index (χ0v) is 9.85. The summed E-state index contributed by atoms with van der Waals surface area (Å²) in [6, 6.07) is 8.90. The van der Waals surface area contributed by atoms with Crippen LogP contribution in [0.4, 0.5) is 0 Å². The molecule has 2 heterocycles. The number of para-hydroxylation sites is 1. The normalized spacial score (nSPS) is 10.5. The second-order valence-corrected chi connectivity index (χ2v) is 4.08. The van der Waals surface area contributed by atoms with Crippen molar-refractivity contribution in [3.05, 3.63) is 45.5 Å². The van der Waals surface area contributed by atoms with Crippen molar-refractivity contribution < 1.29 is 8.83 Å². The Morgan fingerprint density at radius 1 is 1.11 bits per heavy atom. The maximum atomic E-state index is 12.0. The molecule has 0 spiro atoms. The van der Waals surface area contributed by atoms with Crippen LogP contribution in [-0.4, -0.2) is 0 Å². The van der Waals surface area contributed by atoms with Gasteiger partial charge in [-0.15, -0.1) is 0 Å². The van der Waals surface area contributed by atoms with Crippen molar-refractivity contribution in [1.29, 1.82) is 10.5 Å². The quantitative estimate of drug-likeness (QED) is 0.572. The van der Waals surface area contributed by atoms with Crippen LogP contribution in [0, 0.1) is 29.6 Å². The highest BCUT2D eigenvalue weighted by Gasteiger charge is 2.21. The Bertz CT molecular complexity index is 965. The van der Waals surface area contributed by atoms with E-state index in [4.69, 9.17) is 19.4 Å². The van der Waals surface area contributed by atoms with Crippen LogP contribution in [0.3, 0.4) is 0 Å². The van der Waals surface area contributed by atoms with Crippen molar-refractivity contribution in [1.82, 2.24) is 0 Å². The molecule has 0 bridgehead atoms. The second-order valence-electron chi connectivity index (χ2n) is 4.08. The Morgan fingerprint density at radius 2 is 1.89 bits per heavy atom. The molecule has 0 atom stereocenters. The van der Waals surface area contributed by atoms with Crippen LogP contribution < -0.4 is 5.63 Å². The van der Waals surface area contributed by atoms with E-state index in [1.54, 1.807) is 31.2 Å². The molecule has 0 amide bonds. The van der Waals surface area contributed by atoms with Crippen LogP contribution in [0.25, 0.3) is 21.9 Å². The summed E-state index contributed by atoms with van der Waals surface area (Å²) in [7, 11) is 0. The van der Waals surface area contributed by atoms with Crippen LogP contribution >= 0.6 is 0 Å². The zero-order chi connectivity index (χ0) is 13.6. The molecule has 0 unspecified atom stereocenters. The molecule has 2 aromatic heterocycles. The van der Waals surface area contributed by atoms with Gasteiger partial charge in [0.15, 0.2) is 5.58 Å². The molecule has 0 aliphatic rings. The average molecular weight is 250 g/mol. The lowest BCUT2D eigenvalue weighted by atomic mass is 10.1. The second kappa shape index (κ2) is 3.72. The summed E-state index contributed by atoms with van der Waals surface area (Å²) in [5, 5.41) is 18.6. The lowest BCUT2D eigenvalue weighted by molar-refractivity contribution is 0.561. The topological polar surface area (TPSA) is 90.9 Å². The number of nitrogens with zero attached hydrogens (tertiary/aromatic N) is 2. The Morgan fingerprint density at radius 3 is 2.58 bits per heavy atom. The minimum absolute atomic E-state index is 0.0251. The minimum Gasteiger partial charge on any atom is -0.443 e. The van der Waals surface area contributed by atoms with Crippen molar-refractivity contribution in [2.45, 2.75) is 6.92 Å². The molecule has 1 aromatic carbocycles.